The van der Waals surface area contributed by atoms with Crippen LogP contribution in [0.2, 0.25) is 10.0 Å². The van der Waals surface area contributed by atoms with Crippen LogP contribution in [0.25, 0.3) is 0 Å². The van der Waals surface area contributed by atoms with E-state index in [1.54, 1.807) is 0 Å². The van der Waals surface area contributed by atoms with Crippen LogP contribution in [0, 0.1) is 5.92 Å². The zero-order valence-electron chi connectivity index (χ0n) is 21.0. The van der Waals surface area contributed by atoms with Crippen molar-refractivity contribution in [2.75, 3.05) is 26.2 Å². The summed E-state index contributed by atoms with van der Waals surface area (Å²) in [6.07, 6.45) is 3.04. The average molecular weight is 538 g/mol. The first kappa shape index (κ1) is 26.2. The molecule has 5 rings (SSSR count). The summed E-state index contributed by atoms with van der Waals surface area (Å²) in [4.78, 5) is 18.0. The summed E-state index contributed by atoms with van der Waals surface area (Å²) >= 11 is 12.5. The van der Waals surface area contributed by atoms with Crippen LogP contribution in [-0.4, -0.2) is 47.0 Å². The van der Waals surface area contributed by atoms with Gasteiger partial charge in [-0.25, -0.2) is 0 Å². The summed E-state index contributed by atoms with van der Waals surface area (Å²) in [5, 5.41) is 12.3. The Balaban J connectivity index is 1.26. The number of carbonyl (C=O) groups excluding carboxylic acids is 1. The molecule has 1 amide bonds. The average Bonchev–Trinajstić information content (AvgIpc) is 2.93. The molecule has 6 heteroatoms. The van der Waals surface area contributed by atoms with Crippen molar-refractivity contribution >= 4 is 29.1 Å². The number of aliphatic hydroxyl groups is 1. The predicted octanol–water partition coefficient (Wildman–Crippen LogP) is 6.50. The second-order valence-electron chi connectivity index (χ2n) is 10.5. The summed E-state index contributed by atoms with van der Waals surface area (Å²) in [6, 6.07) is 26.0. The number of piperidine rings is 2. The molecule has 2 atom stereocenters. The number of hydrogen-bond donors (Lipinski definition) is 1. The van der Waals surface area contributed by atoms with Crippen LogP contribution < -0.4 is 0 Å². The fourth-order valence-electron chi connectivity index (χ4n) is 5.85. The number of rotatable bonds is 7. The number of halogens is 2. The van der Waals surface area contributed by atoms with Crippen molar-refractivity contribution in [3.8, 4) is 0 Å². The highest BCUT2D eigenvalue weighted by Gasteiger charge is 2.37. The van der Waals surface area contributed by atoms with Gasteiger partial charge in [-0.15, -0.1) is 0 Å². The molecular weight excluding hydrogens is 503 g/mol. The minimum atomic E-state index is -0.760. The summed E-state index contributed by atoms with van der Waals surface area (Å²) in [7, 11) is 0. The summed E-state index contributed by atoms with van der Waals surface area (Å²) in [5.41, 5.74) is 2.51. The molecule has 2 aliphatic heterocycles. The Labute approximate surface area is 229 Å². The molecule has 2 aliphatic rings. The molecule has 2 saturated heterocycles. The van der Waals surface area contributed by atoms with Crippen LogP contribution in [0.3, 0.4) is 0 Å². The van der Waals surface area contributed by atoms with Gasteiger partial charge in [0, 0.05) is 38.0 Å². The fourth-order valence-corrected chi connectivity index (χ4v) is 6.16. The van der Waals surface area contributed by atoms with Crippen molar-refractivity contribution in [1.29, 1.82) is 0 Å². The Bertz CT molecular complexity index is 1200. The van der Waals surface area contributed by atoms with Crippen molar-refractivity contribution in [2.24, 2.45) is 5.92 Å². The van der Waals surface area contributed by atoms with E-state index >= 15 is 0 Å². The number of likely N-dealkylation sites (tertiary alicyclic amines) is 2. The molecule has 0 saturated carbocycles. The molecule has 3 aromatic carbocycles. The molecule has 2 fully saturated rings. The Morgan fingerprint density at radius 3 is 2.24 bits per heavy atom. The zero-order valence-corrected chi connectivity index (χ0v) is 22.5. The second kappa shape index (κ2) is 11.6. The molecule has 2 heterocycles. The van der Waals surface area contributed by atoms with Gasteiger partial charge in [-0.1, -0.05) is 89.9 Å². The Morgan fingerprint density at radius 1 is 0.892 bits per heavy atom. The Kier molecular flexibility index (Phi) is 8.21. The van der Waals surface area contributed by atoms with Gasteiger partial charge in [0.25, 0.3) is 0 Å². The maximum Gasteiger partial charge on any atom is 0.226 e. The molecule has 37 heavy (non-hydrogen) atoms. The van der Waals surface area contributed by atoms with Gasteiger partial charge in [-0.2, -0.15) is 0 Å². The van der Waals surface area contributed by atoms with E-state index < -0.39 is 5.60 Å². The number of carbonyl (C=O) groups is 1. The Hall–Kier alpha value is -2.37. The number of nitrogens with zero attached hydrogens (tertiary/aromatic N) is 2. The van der Waals surface area contributed by atoms with E-state index in [1.165, 1.54) is 0 Å². The lowest BCUT2D eigenvalue weighted by Crippen LogP contribution is -2.46. The highest BCUT2D eigenvalue weighted by molar-refractivity contribution is 6.42. The molecular formula is C31H34Cl2N2O2. The third-order valence-electron chi connectivity index (χ3n) is 8.09. The van der Waals surface area contributed by atoms with Gasteiger partial charge in [0.15, 0.2) is 0 Å². The van der Waals surface area contributed by atoms with Crippen molar-refractivity contribution < 1.29 is 9.90 Å². The zero-order chi connectivity index (χ0) is 25.8. The van der Waals surface area contributed by atoms with E-state index in [-0.39, 0.29) is 17.7 Å². The highest BCUT2D eigenvalue weighted by Crippen LogP contribution is 2.37. The summed E-state index contributed by atoms with van der Waals surface area (Å²) in [6.45, 7) is 3.80. The van der Waals surface area contributed by atoms with Crippen molar-refractivity contribution in [3.63, 3.8) is 0 Å². The SMILES string of the molecule is O=C1C(CCN2CCC(O)(c3ccccc3)CC2)CC(c2ccc(Cl)c(Cl)c2)CN1Cc1ccccc1. The fraction of sp³-hybridized carbons (Fsp3) is 0.387. The first-order valence-electron chi connectivity index (χ1n) is 13.2. The van der Waals surface area contributed by atoms with Gasteiger partial charge < -0.3 is 14.9 Å². The summed E-state index contributed by atoms with van der Waals surface area (Å²) < 4.78 is 0. The van der Waals surface area contributed by atoms with Crippen molar-refractivity contribution in [1.82, 2.24) is 9.80 Å². The van der Waals surface area contributed by atoms with Crippen molar-refractivity contribution in [2.45, 2.75) is 43.7 Å². The van der Waals surface area contributed by atoms with Gasteiger partial charge >= 0.3 is 0 Å². The van der Waals surface area contributed by atoms with Gasteiger partial charge in [0.05, 0.1) is 15.6 Å². The first-order valence-corrected chi connectivity index (χ1v) is 13.9. The van der Waals surface area contributed by atoms with E-state index in [1.807, 2.05) is 71.6 Å². The van der Waals surface area contributed by atoms with E-state index in [9.17, 15) is 9.90 Å². The van der Waals surface area contributed by atoms with Crippen LogP contribution in [0.15, 0.2) is 78.9 Å². The number of hydrogen-bond acceptors (Lipinski definition) is 3. The lowest BCUT2D eigenvalue weighted by molar-refractivity contribution is -0.140. The normalized spacial score (nSPS) is 22.2. The third-order valence-corrected chi connectivity index (χ3v) is 8.83. The molecule has 0 radical (unpaired) electrons. The molecule has 4 nitrogen and oxygen atoms in total. The molecule has 2 unspecified atom stereocenters. The van der Waals surface area contributed by atoms with Crippen LogP contribution in [0.4, 0.5) is 0 Å². The maximum atomic E-state index is 13.6. The van der Waals surface area contributed by atoms with Crippen LogP contribution in [0.1, 0.15) is 48.3 Å². The van der Waals surface area contributed by atoms with Gasteiger partial charge in [0.1, 0.15) is 0 Å². The highest BCUT2D eigenvalue weighted by atomic mass is 35.5. The molecule has 0 bridgehead atoms. The monoisotopic (exact) mass is 536 g/mol. The topological polar surface area (TPSA) is 43.8 Å². The Morgan fingerprint density at radius 2 is 1.57 bits per heavy atom. The minimum absolute atomic E-state index is 0.0492. The second-order valence-corrected chi connectivity index (χ2v) is 11.3. The number of benzene rings is 3. The molecule has 1 N–H and O–H groups in total. The predicted molar refractivity (Wildman–Crippen MR) is 150 cm³/mol. The molecule has 0 spiro atoms. The van der Waals surface area contributed by atoms with E-state index in [4.69, 9.17) is 23.2 Å². The third kappa shape index (κ3) is 6.21. The van der Waals surface area contributed by atoms with Gasteiger partial charge in [-0.05, 0) is 61.1 Å². The first-order chi connectivity index (χ1) is 17.9. The quantitative estimate of drug-likeness (QED) is 0.374. The van der Waals surface area contributed by atoms with Crippen LogP contribution >= 0.6 is 23.2 Å². The maximum absolute atomic E-state index is 13.6. The minimum Gasteiger partial charge on any atom is -0.385 e. The van der Waals surface area contributed by atoms with Crippen LogP contribution in [0.5, 0.6) is 0 Å². The molecule has 194 valence electrons. The van der Waals surface area contributed by atoms with E-state index in [2.05, 4.69) is 17.0 Å². The van der Waals surface area contributed by atoms with Gasteiger partial charge in [0.2, 0.25) is 5.91 Å². The summed E-state index contributed by atoms with van der Waals surface area (Å²) in [5.74, 6) is 0.399. The van der Waals surface area contributed by atoms with Crippen molar-refractivity contribution in [3.05, 3.63) is 106 Å². The van der Waals surface area contributed by atoms with E-state index in [0.29, 0.717) is 36.0 Å². The number of amides is 1. The molecule has 0 aliphatic carbocycles. The molecule has 0 aromatic heterocycles. The standard InChI is InChI=1S/C31H34Cl2N2O2/c32-28-12-11-24(20-29(28)33)26-19-25(30(36)35(22-26)21-23-7-3-1-4-8-23)13-16-34-17-14-31(37,15-18-34)27-9-5-2-6-10-27/h1-12,20,25-26,37H,13-19,21-22H2. The van der Waals surface area contributed by atoms with Crippen LogP contribution in [-0.2, 0) is 16.9 Å². The van der Waals surface area contributed by atoms with E-state index in [0.717, 1.165) is 49.2 Å². The lowest BCUT2D eigenvalue weighted by atomic mass is 9.81. The molecule has 3 aromatic rings. The largest absolute Gasteiger partial charge is 0.385 e. The smallest absolute Gasteiger partial charge is 0.226 e. The van der Waals surface area contributed by atoms with Gasteiger partial charge in [-0.3, -0.25) is 4.79 Å². The lowest BCUT2D eigenvalue weighted by Gasteiger charge is -2.41.